The van der Waals surface area contributed by atoms with Crippen LogP contribution in [0.3, 0.4) is 0 Å². The van der Waals surface area contributed by atoms with E-state index in [4.69, 9.17) is 0 Å². The van der Waals surface area contributed by atoms with Crippen LogP contribution in [0.5, 0.6) is 0 Å². The highest BCUT2D eigenvalue weighted by Crippen LogP contribution is 2.26. The van der Waals surface area contributed by atoms with Crippen molar-refractivity contribution < 1.29 is 9.18 Å². The van der Waals surface area contributed by atoms with Crippen molar-refractivity contribution in [2.24, 2.45) is 0 Å². The Bertz CT molecular complexity index is 642. The number of hydrogen-bond donors (Lipinski definition) is 0. The van der Waals surface area contributed by atoms with Crippen molar-refractivity contribution in [3.8, 4) is 0 Å². The lowest BCUT2D eigenvalue weighted by atomic mass is 9.97. The highest BCUT2D eigenvalue weighted by Gasteiger charge is 2.19. The molecule has 0 amide bonds. The number of carbonyl (C=O) groups excluding carboxylic acids is 1. The zero-order valence-electron chi connectivity index (χ0n) is 10.4. The molecule has 0 aliphatic rings. The van der Waals surface area contributed by atoms with Crippen molar-refractivity contribution in [3.63, 3.8) is 0 Å². The van der Waals surface area contributed by atoms with Gasteiger partial charge in [0.25, 0.3) is 0 Å². The summed E-state index contributed by atoms with van der Waals surface area (Å²) in [5.74, 6) is -0.785. The molecule has 0 atom stereocenters. The zero-order chi connectivity index (χ0) is 14.2. The molecule has 19 heavy (non-hydrogen) atoms. The topological polar surface area (TPSA) is 17.1 Å². The number of rotatable bonds is 2. The molecule has 0 saturated heterocycles. The van der Waals surface area contributed by atoms with Gasteiger partial charge in [-0.3, -0.25) is 4.79 Å². The van der Waals surface area contributed by atoms with Gasteiger partial charge in [-0.05, 0) is 65.2 Å². The van der Waals surface area contributed by atoms with E-state index in [9.17, 15) is 9.18 Å². The second-order valence-corrected chi connectivity index (χ2v) is 6.16. The maximum absolute atomic E-state index is 14.0. The highest BCUT2D eigenvalue weighted by atomic mass is 79.9. The van der Waals surface area contributed by atoms with Gasteiger partial charge in [-0.1, -0.05) is 22.0 Å². The van der Waals surface area contributed by atoms with Gasteiger partial charge in [0.05, 0.1) is 5.56 Å². The summed E-state index contributed by atoms with van der Waals surface area (Å²) in [7, 11) is 0. The molecule has 4 heteroatoms. The van der Waals surface area contributed by atoms with E-state index in [1.54, 1.807) is 32.0 Å². The van der Waals surface area contributed by atoms with Gasteiger partial charge in [-0.25, -0.2) is 4.39 Å². The Hall–Kier alpha value is -1.000. The van der Waals surface area contributed by atoms with Crippen molar-refractivity contribution in [2.75, 3.05) is 0 Å². The molecule has 2 aromatic rings. The number of ketones is 1. The van der Waals surface area contributed by atoms with Gasteiger partial charge in [0.2, 0.25) is 0 Å². The first kappa shape index (κ1) is 14.4. The zero-order valence-corrected chi connectivity index (χ0v) is 13.6. The Morgan fingerprint density at radius 1 is 1.11 bits per heavy atom. The smallest absolute Gasteiger partial charge is 0.197 e. The van der Waals surface area contributed by atoms with E-state index in [-0.39, 0.29) is 11.3 Å². The molecule has 0 aliphatic heterocycles. The summed E-state index contributed by atoms with van der Waals surface area (Å²) < 4.78 is 15.5. The lowest BCUT2D eigenvalue weighted by Gasteiger charge is -2.09. The van der Waals surface area contributed by atoms with Crippen LogP contribution in [-0.4, -0.2) is 5.78 Å². The first-order valence-electron chi connectivity index (χ1n) is 5.66. The minimum Gasteiger partial charge on any atom is -0.288 e. The van der Waals surface area contributed by atoms with Crippen LogP contribution in [0.1, 0.15) is 27.0 Å². The van der Waals surface area contributed by atoms with E-state index >= 15 is 0 Å². The number of benzene rings is 2. The maximum atomic E-state index is 14.0. The fourth-order valence-corrected chi connectivity index (χ4v) is 3.24. The SMILES string of the molecule is Cc1cc(C)c(C(=O)c2ccc(Br)cc2Br)c(F)c1. The third-order valence-corrected chi connectivity index (χ3v) is 3.98. The van der Waals surface area contributed by atoms with E-state index in [0.717, 1.165) is 10.0 Å². The largest absolute Gasteiger partial charge is 0.288 e. The molecule has 0 N–H and O–H groups in total. The van der Waals surface area contributed by atoms with Crippen LogP contribution in [0.4, 0.5) is 4.39 Å². The van der Waals surface area contributed by atoms with E-state index in [0.29, 0.717) is 15.6 Å². The summed E-state index contributed by atoms with van der Waals surface area (Å²) in [6.07, 6.45) is 0. The molecule has 0 aromatic heterocycles. The van der Waals surface area contributed by atoms with Crippen LogP contribution in [0.2, 0.25) is 0 Å². The van der Waals surface area contributed by atoms with Gasteiger partial charge < -0.3 is 0 Å². The van der Waals surface area contributed by atoms with Crippen molar-refractivity contribution >= 4 is 37.6 Å². The van der Waals surface area contributed by atoms with Gasteiger partial charge in [0, 0.05) is 14.5 Å². The van der Waals surface area contributed by atoms with E-state index in [2.05, 4.69) is 31.9 Å². The van der Waals surface area contributed by atoms with Gasteiger partial charge in [0.15, 0.2) is 5.78 Å². The van der Waals surface area contributed by atoms with Crippen molar-refractivity contribution in [1.29, 1.82) is 0 Å². The number of aryl methyl sites for hydroxylation is 2. The molecule has 0 fully saturated rings. The summed E-state index contributed by atoms with van der Waals surface area (Å²) >= 11 is 6.66. The maximum Gasteiger partial charge on any atom is 0.197 e. The Kier molecular flexibility index (Phi) is 4.21. The quantitative estimate of drug-likeness (QED) is 0.649. The van der Waals surface area contributed by atoms with Crippen molar-refractivity contribution in [3.05, 3.63) is 67.3 Å². The van der Waals surface area contributed by atoms with Gasteiger partial charge in [0.1, 0.15) is 5.82 Å². The highest BCUT2D eigenvalue weighted by molar-refractivity contribution is 9.11. The monoisotopic (exact) mass is 384 g/mol. The minimum atomic E-state index is -0.475. The number of halogens is 3. The molecule has 2 aromatic carbocycles. The van der Waals surface area contributed by atoms with Crippen LogP contribution in [0, 0.1) is 19.7 Å². The van der Waals surface area contributed by atoms with Crippen LogP contribution in [0.25, 0.3) is 0 Å². The van der Waals surface area contributed by atoms with E-state index in [1.807, 2.05) is 6.07 Å². The molecule has 0 spiro atoms. The standard InChI is InChI=1S/C15H11Br2FO/c1-8-5-9(2)14(13(18)6-8)15(19)11-4-3-10(16)7-12(11)17/h3-7H,1-2H3. The predicted octanol–water partition coefficient (Wildman–Crippen LogP) is 5.20. The Morgan fingerprint density at radius 2 is 1.79 bits per heavy atom. The number of hydrogen-bond acceptors (Lipinski definition) is 1. The van der Waals surface area contributed by atoms with Gasteiger partial charge in [-0.2, -0.15) is 0 Å². The van der Waals surface area contributed by atoms with Crippen LogP contribution < -0.4 is 0 Å². The summed E-state index contributed by atoms with van der Waals surface area (Å²) in [5, 5.41) is 0. The van der Waals surface area contributed by atoms with Crippen molar-refractivity contribution in [2.45, 2.75) is 13.8 Å². The summed E-state index contributed by atoms with van der Waals surface area (Å²) in [6.45, 7) is 3.55. The fraction of sp³-hybridized carbons (Fsp3) is 0.133. The summed E-state index contributed by atoms with van der Waals surface area (Å²) in [6, 6.07) is 8.40. The lowest BCUT2D eigenvalue weighted by Crippen LogP contribution is -2.08. The number of carbonyl (C=O) groups is 1. The Morgan fingerprint density at radius 3 is 2.37 bits per heavy atom. The Balaban J connectivity index is 2.56. The molecule has 0 unspecified atom stereocenters. The first-order valence-corrected chi connectivity index (χ1v) is 7.25. The predicted molar refractivity (Wildman–Crippen MR) is 81.1 cm³/mol. The molecule has 0 bridgehead atoms. The normalized spacial score (nSPS) is 10.6. The van der Waals surface area contributed by atoms with Gasteiger partial charge >= 0.3 is 0 Å². The van der Waals surface area contributed by atoms with Gasteiger partial charge in [-0.15, -0.1) is 0 Å². The third-order valence-electron chi connectivity index (χ3n) is 2.83. The second kappa shape index (κ2) is 5.55. The molecule has 0 radical (unpaired) electrons. The van der Waals surface area contributed by atoms with Crippen LogP contribution in [0.15, 0.2) is 39.3 Å². The molecule has 1 nitrogen and oxygen atoms in total. The third kappa shape index (κ3) is 2.95. The molecule has 0 saturated carbocycles. The molecular formula is C15H11Br2FO. The van der Waals surface area contributed by atoms with E-state index < -0.39 is 5.82 Å². The van der Waals surface area contributed by atoms with Crippen molar-refractivity contribution in [1.82, 2.24) is 0 Å². The Labute approximate surface area is 128 Å². The molecular weight excluding hydrogens is 375 g/mol. The molecule has 2 rings (SSSR count). The van der Waals surface area contributed by atoms with E-state index in [1.165, 1.54) is 6.07 Å². The summed E-state index contributed by atoms with van der Waals surface area (Å²) in [5.41, 5.74) is 2.04. The summed E-state index contributed by atoms with van der Waals surface area (Å²) in [4.78, 5) is 12.4. The fourth-order valence-electron chi connectivity index (χ4n) is 2.01. The minimum absolute atomic E-state index is 0.133. The van der Waals surface area contributed by atoms with Crippen LogP contribution in [-0.2, 0) is 0 Å². The van der Waals surface area contributed by atoms with Crippen LogP contribution >= 0.6 is 31.9 Å². The lowest BCUT2D eigenvalue weighted by molar-refractivity contribution is 0.103. The molecule has 98 valence electrons. The molecule has 0 heterocycles. The average molecular weight is 386 g/mol. The molecule has 0 aliphatic carbocycles. The first-order chi connectivity index (χ1) is 8.90. The second-order valence-electron chi connectivity index (χ2n) is 4.39. The average Bonchev–Trinajstić information content (AvgIpc) is 2.26.